The number of hydrogen-bond acceptors (Lipinski definition) is 10. The Kier molecular flexibility index (Phi) is 9.28. The molecule has 1 fully saturated rings. The number of aromatic carboxylic acids is 1. The Morgan fingerprint density at radius 2 is 2.05 bits per heavy atom. The largest absolute Gasteiger partial charge is 0.477 e. The highest BCUT2D eigenvalue weighted by Crippen LogP contribution is 2.34. The maximum atomic E-state index is 12.8. The molecule has 1 amide bonds. The van der Waals surface area contributed by atoms with Gasteiger partial charge in [0.15, 0.2) is 5.13 Å². The molecule has 3 aromatic heterocycles. The Bertz CT molecular complexity index is 1330. The highest BCUT2D eigenvalue weighted by Gasteiger charge is 2.34. The van der Waals surface area contributed by atoms with E-state index in [1.807, 2.05) is 23.9 Å². The topological polar surface area (TPSA) is 146 Å². The molecule has 0 aliphatic carbocycles. The van der Waals surface area contributed by atoms with E-state index in [-0.39, 0.29) is 39.3 Å². The zero-order chi connectivity index (χ0) is 28.3. The van der Waals surface area contributed by atoms with Crippen LogP contribution in [0.1, 0.15) is 32.3 Å². The third kappa shape index (κ3) is 6.61. The number of carboxylic acid groups (broad SMARTS) is 1. The van der Waals surface area contributed by atoms with Crippen molar-refractivity contribution in [3.8, 4) is 17.3 Å². The molecule has 1 aliphatic heterocycles. The fourth-order valence-electron chi connectivity index (χ4n) is 4.07. The van der Waals surface area contributed by atoms with Gasteiger partial charge < -0.3 is 34.7 Å². The summed E-state index contributed by atoms with van der Waals surface area (Å²) in [7, 11) is 5.44. The smallest absolute Gasteiger partial charge is 0.348 e. The molecule has 0 unspecified atom stereocenters. The van der Waals surface area contributed by atoms with Gasteiger partial charge in [0.2, 0.25) is 5.88 Å². The van der Waals surface area contributed by atoms with Crippen LogP contribution in [0.25, 0.3) is 11.4 Å². The van der Waals surface area contributed by atoms with Crippen molar-refractivity contribution < 1.29 is 24.2 Å². The van der Waals surface area contributed by atoms with E-state index in [1.54, 1.807) is 14.0 Å². The molecule has 4 heterocycles. The quantitative estimate of drug-likeness (QED) is 0.318. The fourth-order valence-corrected chi connectivity index (χ4v) is 5.44. The fraction of sp³-hybridized carbons (Fsp3) is 0.458. The Morgan fingerprint density at radius 3 is 2.64 bits per heavy atom. The first-order chi connectivity index (χ1) is 18.6. The first-order valence-corrected chi connectivity index (χ1v) is 13.6. The highest BCUT2D eigenvalue weighted by atomic mass is 35.5. The Morgan fingerprint density at radius 1 is 1.28 bits per heavy atom. The van der Waals surface area contributed by atoms with Crippen molar-refractivity contribution in [2.24, 2.45) is 0 Å². The van der Waals surface area contributed by atoms with Crippen LogP contribution in [0.5, 0.6) is 5.88 Å². The number of carbonyl (C=O) groups excluding carboxylic acids is 1. The lowest BCUT2D eigenvalue weighted by atomic mass is 10.0. The number of hydrogen-bond donors (Lipinski definition) is 3. The van der Waals surface area contributed by atoms with Crippen LogP contribution >= 0.6 is 34.5 Å². The number of nitrogens with one attached hydrogen (secondary N) is 2. The summed E-state index contributed by atoms with van der Waals surface area (Å²) in [6, 6.07) is -0.304. The average molecular weight is 599 g/mol. The number of piperidine rings is 1. The molecule has 0 saturated carbocycles. The summed E-state index contributed by atoms with van der Waals surface area (Å²) in [4.78, 5) is 44.9. The number of ether oxygens (including phenoxy) is 2. The minimum absolute atomic E-state index is 0.0543. The lowest BCUT2D eigenvalue weighted by Gasteiger charge is -2.37. The number of thiazole rings is 1. The highest BCUT2D eigenvalue weighted by molar-refractivity contribution is 7.17. The number of carboxylic acids is 1. The molecule has 2 atom stereocenters. The second-order valence-electron chi connectivity index (χ2n) is 9.21. The van der Waals surface area contributed by atoms with Gasteiger partial charge in [-0.15, -0.1) is 0 Å². The molecule has 3 aromatic rings. The Labute approximate surface area is 239 Å². The maximum absolute atomic E-state index is 12.8. The summed E-state index contributed by atoms with van der Waals surface area (Å²) < 4.78 is 11.2. The molecule has 4 rings (SSSR count). The van der Waals surface area contributed by atoms with E-state index in [0.29, 0.717) is 53.5 Å². The van der Waals surface area contributed by atoms with Gasteiger partial charge in [-0.1, -0.05) is 34.5 Å². The number of rotatable bonds is 10. The zero-order valence-electron chi connectivity index (χ0n) is 21.8. The van der Waals surface area contributed by atoms with E-state index in [2.05, 4.69) is 25.3 Å². The zero-order valence-corrected chi connectivity index (χ0v) is 24.2. The molecule has 0 radical (unpaired) electrons. The number of aromatic amines is 1. The summed E-state index contributed by atoms with van der Waals surface area (Å²) in [5.41, 5.74) is 1.36. The predicted molar refractivity (Wildman–Crippen MR) is 149 cm³/mol. The number of methoxy groups -OCH3 is 1. The van der Waals surface area contributed by atoms with Gasteiger partial charge in [-0.05, 0) is 27.4 Å². The molecule has 1 saturated heterocycles. The van der Waals surface area contributed by atoms with Crippen molar-refractivity contribution >= 4 is 51.5 Å². The standard InChI is InChI=1S/C24H29Cl2N7O5S/c1-12-17(25)18(26)20(29-12)22(34)30-13-5-6-33(11-15(13)37-4)24-31-19(21(39-24)23(35)36)14-9-28-16(10-27-14)38-8-7-32(2)3/h9-10,13,15,29H,5-8,11H2,1-4H3,(H,30,34)(H,35,36)/t13-,15+/m1/s1. The van der Waals surface area contributed by atoms with Crippen LogP contribution in [0, 0.1) is 6.92 Å². The Hall–Kier alpha value is -2.97. The minimum atomic E-state index is -1.11. The number of amides is 1. The SMILES string of the molecule is CO[C@H]1CN(c2nc(-c3cnc(OCCN(C)C)cn3)c(C(=O)O)s2)CC[C@H]1NC(=O)c1[nH]c(C)c(Cl)c1Cl. The molecule has 0 spiro atoms. The van der Waals surface area contributed by atoms with Crippen molar-refractivity contribution in [3.63, 3.8) is 0 Å². The third-order valence-electron chi connectivity index (χ3n) is 6.20. The van der Waals surface area contributed by atoms with Gasteiger partial charge in [-0.25, -0.2) is 19.7 Å². The second-order valence-corrected chi connectivity index (χ2v) is 10.9. The van der Waals surface area contributed by atoms with Gasteiger partial charge >= 0.3 is 5.97 Å². The molecule has 0 aromatic carbocycles. The van der Waals surface area contributed by atoms with Crippen molar-refractivity contribution in [2.75, 3.05) is 52.3 Å². The van der Waals surface area contributed by atoms with Crippen LogP contribution < -0.4 is 15.0 Å². The maximum Gasteiger partial charge on any atom is 0.348 e. The van der Waals surface area contributed by atoms with E-state index in [1.165, 1.54) is 12.4 Å². The van der Waals surface area contributed by atoms with Crippen molar-refractivity contribution in [1.82, 2.24) is 30.2 Å². The van der Waals surface area contributed by atoms with Crippen LogP contribution in [-0.4, -0.2) is 101 Å². The first-order valence-electron chi connectivity index (χ1n) is 12.0. The summed E-state index contributed by atoms with van der Waals surface area (Å²) in [5, 5.41) is 13.8. The van der Waals surface area contributed by atoms with Crippen molar-refractivity contribution in [1.29, 1.82) is 0 Å². The van der Waals surface area contributed by atoms with Crippen LogP contribution in [0.4, 0.5) is 5.13 Å². The van der Waals surface area contributed by atoms with Crippen molar-refractivity contribution in [2.45, 2.75) is 25.5 Å². The molecule has 1 aliphatic rings. The van der Waals surface area contributed by atoms with Gasteiger partial charge in [-0.2, -0.15) is 0 Å². The number of anilines is 1. The number of carbonyl (C=O) groups is 2. The minimum Gasteiger partial charge on any atom is -0.477 e. The lowest BCUT2D eigenvalue weighted by molar-refractivity contribution is 0.0540. The number of likely N-dealkylation sites (N-methyl/N-ethyl adjacent to an activating group) is 1. The van der Waals surface area contributed by atoms with Crippen LogP contribution in [0.3, 0.4) is 0 Å². The Balaban J connectivity index is 1.47. The number of aryl methyl sites for hydroxylation is 1. The second kappa shape index (κ2) is 12.5. The average Bonchev–Trinajstić information content (AvgIpc) is 3.47. The number of aromatic nitrogens is 4. The van der Waals surface area contributed by atoms with Gasteiger partial charge in [0.25, 0.3) is 5.91 Å². The van der Waals surface area contributed by atoms with E-state index in [9.17, 15) is 14.7 Å². The summed E-state index contributed by atoms with van der Waals surface area (Å²) in [6.45, 7) is 3.80. The van der Waals surface area contributed by atoms with Gasteiger partial charge in [-0.3, -0.25) is 4.79 Å². The van der Waals surface area contributed by atoms with E-state index in [0.717, 1.165) is 17.9 Å². The molecular formula is C24H29Cl2N7O5S. The van der Waals surface area contributed by atoms with Crippen LogP contribution in [0.15, 0.2) is 12.4 Å². The normalized spacial score (nSPS) is 17.5. The molecule has 210 valence electrons. The summed E-state index contributed by atoms with van der Waals surface area (Å²) in [5.74, 6) is -1.14. The number of halogens is 2. The molecule has 39 heavy (non-hydrogen) atoms. The van der Waals surface area contributed by atoms with Gasteiger partial charge in [0, 0.05) is 32.4 Å². The van der Waals surface area contributed by atoms with Crippen LogP contribution in [-0.2, 0) is 4.74 Å². The number of H-pyrrole nitrogens is 1. The molecule has 3 N–H and O–H groups in total. The van der Waals surface area contributed by atoms with E-state index < -0.39 is 5.97 Å². The molecular weight excluding hydrogens is 569 g/mol. The third-order valence-corrected chi connectivity index (χ3v) is 8.25. The van der Waals surface area contributed by atoms with Crippen LogP contribution in [0.2, 0.25) is 10.0 Å². The lowest BCUT2D eigenvalue weighted by Crippen LogP contribution is -2.55. The van der Waals surface area contributed by atoms with Gasteiger partial charge in [0.1, 0.15) is 28.6 Å². The molecule has 15 heteroatoms. The van der Waals surface area contributed by atoms with E-state index in [4.69, 9.17) is 32.7 Å². The monoisotopic (exact) mass is 597 g/mol. The van der Waals surface area contributed by atoms with E-state index >= 15 is 0 Å². The van der Waals surface area contributed by atoms with Gasteiger partial charge in [0.05, 0.1) is 34.6 Å². The summed E-state index contributed by atoms with van der Waals surface area (Å²) in [6.07, 6.45) is 3.06. The predicted octanol–water partition coefficient (Wildman–Crippen LogP) is 3.21. The number of nitrogens with zero attached hydrogens (tertiary/aromatic N) is 5. The summed E-state index contributed by atoms with van der Waals surface area (Å²) >= 11 is 13.4. The molecule has 12 nitrogen and oxygen atoms in total. The first kappa shape index (κ1) is 29.0. The van der Waals surface area contributed by atoms with Crippen molar-refractivity contribution in [3.05, 3.63) is 38.7 Å². The molecule has 0 bridgehead atoms.